The van der Waals surface area contributed by atoms with Crippen molar-refractivity contribution < 1.29 is 9.41 Å². The number of benzene rings is 2. The van der Waals surface area contributed by atoms with Crippen LogP contribution >= 0.6 is 0 Å². The fraction of sp³-hybridized carbons (Fsp3) is 0. The van der Waals surface area contributed by atoms with Crippen molar-refractivity contribution >= 4 is 17.8 Å². The summed E-state index contributed by atoms with van der Waals surface area (Å²) in [5, 5.41) is 18.8. The molecule has 0 saturated heterocycles. The van der Waals surface area contributed by atoms with Gasteiger partial charge in [-0.25, -0.2) is 4.39 Å². The highest BCUT2D eigenvalue weighted by atomic mass is 19.1. The number of halogens is 1. The maximum atomic E-state index is 13.5. The summed E-state index contributed by atoms with van der Waals surface area (Å²) in [5.74, 6) is -0.456. The van der Waals surface area contributed by atoms with Crippen molar-refractivity contribution in [1.82, 2.24) is 0 Å². The highest BCUT2D eigenvalue weighted by molar-refractivity contribution is 6.79. The van der Waals surface area contributed by atoms with E-state index in [1.165, 1.54) is 12.1 Å². The molecule has 17 heavy (non-hydrogen) atoms. The first-order valence-electron chi connectivity index (χ1n) is 5.15. The SMILES string of the molecule is N#Cc1cccc(B(O)c2ccccc2F)c1. The van der Waals surface area contributed by atoms with Crippen molar-refractivity contribution in [1.29, 1.82) is 5.26 Å². The topological polar surface area (TPSA) is 44.0 Å². The molecule has 0 aliphatic heterocycles. The second kappa shape index (κ2) is 4.81. The standard InChI is InChI=1S/C13H9BFNO/c15-13-7-2-1-6-12(13)14(17)11-5-3-4-10(8-11)9-16/h1-8,17H. The zero-order chi connectivity index (χ0) is 12.3. The smallest absolute Gasteiger partial charge is 0.361 e. The fourth-order valence-electron chi connectivity index (χ4n) is 1.65. The lowest BCUT2D eigenvalue weighted by Gasteiger charge is -2.08. The molecule has 2 aromatic carbocycles. The van der Waals surface area contributed by atoms with Gasteiger partial charge in [0.1, 0.15) is 5.82 Å². The summed E-state index contributed by atoms with van der Waals surface area (Å²) in [5.41, 5.74) is 1.16. The van der Waals surface area contributed by atoms with Gasteiger partial charge in [0.2, 0.25) is 0 Å². The summed E-state index contributed by atoms with van der Waals surface area (Å²) < 4.78 is 13.5. The van der Waals surface area contributed by atoms with Gasteiger partial charge < -0.3 is 5.02 Å². The van der Waals surface area contributed by atoms with E-state index < -0.39 is 12.7 Å². The second-order valence-electron chi connectivity index (χ2n) is 3.66. The third-order valence-electron chi connectivity index (χ3n) is 2.53. The lowest BCUT2D eigenvalue weighted by atomic mass is 9.55. The predicted octanol–water partition coefficient (Wildman–Crippen LogP) is 0.795. The van der Waals surface area contributed by atoms with Crippen molar-refractivity contribution in [3.05, 3.63) is 59.9 Å². The fourth-order valence-corrected chi connectivity index (χ4v) is 1.65. The summed E-state index contributed by atoms with van der Waals surface area (Å²) >= 11 is 0. The van der Waals surface area contributed by atoms with Crippen molar-refractivity contribution in [3.8, 4) is 6.07 Å². The van der Waals surface area contributed by atoms with Crippen molar-refractivity contribution in [2.24, 2.45) is 0 Å². The summed E-state index contributed by atoms with van der Waals surface area (Å²) in [6.07, 6.45) is 0. The van der Waals surface area contributed by atoms with E-state index in [1.807, 2.05) is 6.07 Å². The van der Waals surface area contributed by atoms with Gasteiger partial charge in [0, 0.05) is 0 Å². The van der Waals surface area contributed by atoms with Gasteiger partial charge in [-0.3, -0.25) is 0 Å². The molecule has 4 heteroatoms. The third-order valence-corrected chi connectivity index (χ3v) is 2.53. The molecule has 82 valence electrons. The van der Waals surface area contributed by atoms with Gasteiger partial charge in [0.25, 0.3) is 0 Å². The van der Waals surface area contributed by atoms with E-state index in [9.17, 15) is 9.41 Å². The van der Waals surface area contributed by atoms with E-state index in [0.29, 0.717) is 11.0 Å². The van der Waals surface area contributed by atoms with Crippen LogP contribution in [0, 0.1) is 17.1 Å². The first-order valence-corrected chi connectivity index (χ1v) is 5.15. The van der Waals surface area contributed by atoms with Gasteiger partial charge in [-0.15, -0.1) is 0 Å². The van der Waals surface area contributed by atoms with Crippen LogP contribution in [-0.4, -0.2) is 11.9 Å². The second-order valence-corrected chi connectivity index (χ2v) is 3.66. The highest BCUT2D eigenvalue weighted by Gasteiger charge is 2.20. The first-order chi connectivity index (χ1) is 8.22. The van der Waals surface area contributed by atoms with Gasteiger partial charge in [-0.2, -0.15) is 5.26 Å². The largest absolute Gasteiger partial charge is 0.443 e. The molecule has 0 spiro atoms. The molecule has 0 aromatic heterocycles. The lowest BCUT2D eigenvalue weighted by molar-refractivity contribution is 0.589. The van der Waals surface area contributed by atoms with Crippen LogP contribution in [0.25, 0.3) is 0 Å². The summed E-state index contributed by atoms with van der Waals surface area (Å²) in [7, 11) is 0. The van der Waals surface area contributed by atoms with Crippen molar-refractivity contribution in [2.75, 3.05) is 0 Å². The number of hydrogen-bond acceptors (Lipinski definition) is 2. The Morgan fingerprint density at radius 1 is 1.12 bits per heavy atom. The molecule has 0 aliphatic carbocycles. The van der Waals surface area contributed by atoms with Crippen LogP contribution in [0.2, 0.25) is 0 Å². The number of rotatable bonds is 2. The van der Waals surface area contributed by atoms with E-state index in [0.717, 1.165) is 0 Å². The van der Waals surface area contributed by atoms with Crippen molar-refractivity contribution in [2.45, 2.75) is 0 Å². The Kier molecular flexibility index (Phi) is 3.22. The molecule has 0 atom stereocenters. The molecule has 0 saturated carbocycles. The minimum atomic E-state index is -1.05. The summed E-state index contributed by atoms with van der Waals surface area (Å²) in [6, 6.07) is 14.6. The minimum Gasteiger partial charge on any atom is -0.443 e. The Balaban J connectivity index is 2.41. The summed E-state index contributed by atoms with van der Waals surface area (Å²) in [6.45, 7) is -1.05. The lowest BCUT2D eigenvalue weighted by Crippen LogP contribution is -2.44. The first kappa shape index (κ1) is 11.4. The van der Waals surface area contributed by atoms with Crippen LogP contribution in [-0.2, 0) is 0 Å². The Morgan fingerprint density at radius 2 is 1.88 bits per heavy atom. The molecule has 0 unspecified atom stereocenters. The molecule has 0 heterocycles. The number of nitrogens with zero attached hydrogens (tertiary/aromatic N) is 1. The predicted molar refractivity (Wildman–Crippen MR) is 64.8 cm³/mol. The van der Waals surface area contributed by atoms with E-state index in [1.54, 1.807) is 36.4 Å². The molecule has 2 rings (SSSR count). The van der Waals surface area contributed by atoms with Crippen LogP contribution in [0.1, 0.15) is 5.56 Å². The Morgan fingerprint density at radius 3 is 2.59 bits per heavy atom. The Bertz CT molecular complexity index is 580. The molecule has 2 aromatic rings. The molecular weight excluding hydrogens is 216 g/mol. The average Bonchev–Trinajstić information content (AvgIpc) is 2.38. The van der Waals surface area contributed by atoms with Crippen LogP contribution in [0.5, 0.6) is 0 Å². The van der Waals surface area contributed by atoms with Gasteiger partial charge in [-0.05, 0) is 29.1 Å². The Hall–Kier alpha value is -2.12. The van der Waals surface area contributed by atoms with E-state index >= 15 is 0 Å². The Labute approximate surface area is 99.1 Å². The maximum absolute atomic E-state index is 13.5. The van der Waals surface area contributed by atoms with E-state index in [4.69, 9.17) is 5.26 Å². The quantitative estimate of drug-likeness (QED) is 0.768. The van der Waals surface area contributed by atoms with E-state index in [2.05, 4.69) is 0 Å². The number of nitriles is 1. The normalized spacial score (nSPS) is 9.71. The van der Waals surface area contributed by atoms with E-state index in [-0.39, 0.29) is 5.46 Å². The van der Waals surface area contributed by atoms with Crippen molar-refractivity contribution in [3.63, 3.8) is 0 Å². The molecule has 2 nitrogen and oxygen atoms in total. The average molecular weight is 225 g/mol. The van der Waals surface area contributed by atoms with Gasteiger partial charge in [-0.1, -0.05) is 30.3 Å². The monoisotopic (exact) mass is 225 g/mol. The molecular formula is C13H9BFNO. The number of hydrogen-bond donors (Lipinski definition) is 1. The maximum Gasteiger partial charge on any atom is 0.361 e. The zero-order valence-corrected chi connectivity index (χ0v) is 8.97. The van der Waals surface area contributed by atoms with Gasteiger partial charge in [0.05, 0.1) is 11.6 Å². The molecule has 0 aliphatic rings. The molecule has 0 radical (unpaired) electrons. The summed E-state index contributed by atoms with van der Waals surface area (Å²) in [4.78, 5) is 0. The zero-order valence-electron chi connectivity index (χ0n) is 8.97. The molecule has 0 amide bonds. The molecule has 0 fully saturated rings. The van der Waals surface area contributed by atoms with Gasteiger partial charge in [0.15, 0.2) is 0 Å². The van der Waals surface area contributed by atoms with Crippen LogP contribution in [0.3, 0.4) is 0 Å². The highest BCUT2D eigenvalue weighted by Crippen LogP contribution is 1.98. The minimum absolute atomic E-state index is 0.211. The molecule has 0 bridgehead atoms. The third kappa shape index (κ3) is 2.35. The van der Waals surface area contributed by atoms with Crippen LogP contribution < -0.4 is 10.9 Å². The van der Waals surface area contributed by atoms with Crippen LogP contribution in [0.4, 0.5) is 4.39 Å². The van der Waals surface area contributed by atoms with Gasteiger partial charge >= 0.3 is 6.92 Å². The van der Waals surface area contributed by atoms with Crippen LogP contribution in [0.15, 0.2) is 48.5 Å². The molecule has 1 N–H and O–H groups in total.